The minimum absolute atomic E-state index is 0.335. The third-order valence-corrected chi connectivity index (χ3v) is 8.66. The van der Waals surface area contributed by atoms with Gasteiger partial charge in [-0.15, -0.1) is 0 Å². The highest BCUT2D eigenvalue weighted by molar-refractivity contribution is 5.86. The van der Waals surface area contributed by atoms with Gasteiger partial charge in [0.1, 0.15) is 17.3 Å². The number of nitrogens with zero attached hydrogens (tertiary/aromatic N) is 4. The molecule has 5 aromatic rings. The second-order valence-electron chi connectivity index (χ2n) is 11.1. The van der Waals surface area contributed by atoms with Gasteiger partial charge in [0.15, 0.2) is 0 Å². The molecular weight excluding hydrogens is 448 g/mol. The SMILES string of the molecule is c1cc2nc(-c3cnc([C@@H]4CC5C[C@H]5N4)[nH]3)cnc2cc1-c1ccc2nc([C@@H]3CC4C[C@H]4N3)[nH]c2c1. The van der Waals surface area contributed by atoms with Crippen LogP contribution in [0.2, 0.25) is 0 Å². The highest BCUT2D eigenvalue weighted by atomic mass is 15.1. The number of aromatic nitrogens is 6. The first-order chi connectivity index (χ1) is 17.7. The molecule has 178 valence electrons. The molecule has 2 saturated heterocycles. The van der Waals surface area contributed by atoms with Crippen LogP contribution in [0, 0.1) is 11.8 Å². The molecule has 8 heteroatoms. The van der Waals surface area contributed by atoms with Crippen molar-refractivity contribution in [2.24, 2.45) is 11.8 Å². The van der Waals surface area contributed by atoms with E-state index in [0.717, 1.165) is 68.1 Å². The van der Waals surface area contributed by atoms with Crippen molar-refractivity contribution in [1.29, 1.82) is 0 Å². The van der Waals surface area contributed by atoms with Gasteiger partial charge in [0.2, 0.25) is 0 Å². The molecule has 4 fully saturated rings. The van der Waals surface area contributed by atoms with E-state index in [-0.39, 0.29) is 0 Å². The van der Waals surface area contributed by atoms with Gasteiger partial charge < -0.3 is 20.6 Å². The Morgan fingerprint density at radius 3 is 2.17 bits per heavy atom. The first kappa shape index (κ1) is 19.6. The van der Waals surface area contributed by atoms with E-state index in [1.807, 2.05) is 12.4 Å². The lowest BCUT2D eigenvalue weighted by molar-refractivity contribution is 0.543. The maximum absolute atomic E-state index is 4.87. The monoisotopic (exact) mass is 474 g/mol. The van der Waals surface area contributed by atoms with Crippen molar-refractivity contribution in [2.45, 2.75) is 49.9 Å². The van der Waals surface area contributed by atoms with Gasteiger partial charge in [-0.3, -0.25) is 4.98 Å². The second-order valence-corrected chi connectivity index (χ2v) is 11.1. The van der Waals surface area contributed by atoms with Gasteiger partial charge in [0.05, 0.1) is 52.2 Å². The molecule has 2 unspecified atom stereocenters. The number of fused-ring (bicyclic) bond motifs is 4. The number of piperidine rings is 2. The molecule has 8 nitrogen and oxygen atoms in total. The number of H-pyrrole nitrogens is 2. The van der Waals surface area contributed by atoms with Crippen LogP contribution < -0.4 is 10.6 Å². The van der Waals surface area contributed by atoms with Gasteiger partial charge in [0.25, 0.3) is 0 Å². The third-order valence-electron chi connectivity index (χ3n) is 8.66. The van der Waals surface area contributed by atoms with Crippen LogP contribution >= 0.6 is 0 Å². The number of aromatic amines is 2. The van der Waals surface area contributed by atoms with Gasteiger partial charge >= 0.3 is 0 Å². The summed E-state index contributed by atoms with van der Waals surface area (Å²) in [6.45, 7) is 0. The van der Waals surface area contributed by atoms with E-state index in [4.69, 9.17) is 15.0 Å². The Bertz CT molecular complexity index is 1650. The summed E-state index contributed by atoms with van der Waals surface area (Å²) in [5.41, 5.74) is 7.87. The summed E-state index contributed by atoms with van der Waals surface area (Å²) in [6, 6.07) is 14.8. The molecule has 2 aromatic carbocycles. The molecule has 2 aliphatic carbocycles. The summed E-state index contributed by atoms with van der Waals surface area (Å²) < 4.78 is 0. The quantitative estimate of drug-likeness (QED) is 0.307. The molecule has 0 amide bonds. The molecule has 6 atom stereocenters. The van der Waals surface area contributed by atoms with Crippen molar-refractivity contribution in [3.63, 3.8) is 0 Å². The van der Waals surface area contributed by atoms with E-state index in [9.17, 15) is 0 Å². The Morgan fingerprint density at radius 2 is 1.39 bits per heavy atom. The highest BCUT2D eigenvalue weighted by Gasteiger charge is 2.47. The van der Waals surface area contributed by atoms with Crippen molar-refractivity contribution in [3.8, 4) is 22.5 Å². The van der Waals surface area contributed by atoms with Crippen molar-refractivity contribution in [1.82, 2.24) is 40.5 Å². The molecule has 2 saturated carbocycles. The Kier molecular flexibility index (Phi) is 3.80. The average Bonchev–Trinajstić information content (AvgIpc) is 3.49. The van der Waals surface area contributed by atoms with Crippen LogP contribution in [0.1, 0.15) is 49.4 Å². The van der Waals surface area contributed by atoms with Gasteiger partial charge in [-0.05, 0) is 72.9 Å². The summed E-state index contributed by atoms with van der Waals surface area (Å²) in [7, 11) is 0. The number of imidazole rings is 2. The van der Waals surface area contributed by atoms with Crippen LogP contribution in [-0.2, 0) is 0 Å². The van der Waals surface area contributed by atoms with Crippen LogP contribution in [0.15, 0.2) is 48.8 Å². The molecule has 4 N–H and O–H groups in total. The topological polar surface area (TPSA) is 107 Å². The van der Waals surface area contributed by atoms with Gasteiger partial charge in [-0.25, -0.2) is 15.0 Å². The Morgan fingerprint density at radius 1 is 0.639 bits per heavy atom. The first-order valence-electron chi connectivity index (χ1n) is 13.1. The largest absolute Gasteiger partial charge is 0.341 e. The van der Waals surface area contributed by atoms with Crippen molar-refractivity contribution < 1.29 is 0 Å². The second kappa shape index (κ2) is 6.99. The number of hydrogen-bond donors (Lipinski definition) is 4. The molecule has 2 aliphatic heterocycles. The summed E-state index contributed by atoms with van der Waals surface area (Å²) in [5, 5.41) is 7.34. The van der Waals surface area contributed by atoms with E-state index in [0.29, 0.717) is 24.2 Å². The standard InChI is InChI=1S/C28H26N8/c1-3-17-21(29-11-25(31-17)26-12-30-27(36-26)23-9-15-7-19(15)32-23)5-13(1)14-2-4-18-22(6-14)35-28(34-18)24-10-16-8-20(16)33-24/h1-6,11-12,15-16,19-20,23-24,32-33H,7-10H2,(H,30,36)(H,34,35)/t15?,16?,19-,20-,23+,24+/m1/s1. The fraction of sp³-hybridized carbons (Fsp3) is 0.357. The zero-order chi connectivity index (χ0) is 23.4. The van der Waals surface area contributed by atoms with Crippen LogP contribution in [0.5, 0.6) is 0 Å². The van der Waals surface area contributed by atoms with Crippen LogP contribution in [0.4, 0.5) is 0 Å². The Hall–Kier alpha value is -3.62. The van der Waals surface area contributed by atoms with E-state index >= 15 is 0 Å². The fourth-order valence-corrected chi connectivity index (χ4v) is 6.40. The number of nitrogens with one attached hydrogen (secondary N) is 4. The van der Waals surface area contributed by atoms with Gasteiger partial charge in [-0.2, -0.15) is 0 Å². The number of rotatable bonds is 4. The minimum Gasteiger partial charge on any atom is -0.341 e. The van der Waals surface area contributed by atoms with E-state index in [2.05, 4.69) is 62.0 Å². The van der Waals surface area contributed by atoms with E-state index in [1.165, 1.54) is 25.7 Å². The third kappa shape index (κ3) is 3.07. The Balaban J connectivity index is 0.999. The highest BCUT2D eigenvalue weighted by Crippen LogP contribution is 2.46. The molecule has 5 heterocycles. The lowest BCUT2D eigenvalue weighted by Crippen LogP contribution is -2.18. The fourth-order valence-electron chi connectivity index (χ4n) is 6.40. The van der Waals surface area contributed by atoms with E-state index < -0.39 is 0 Å². The molecule has 0 bridgehead atoms. The smallest absolute Gasteiger partial charge is 0.124 e. The predicted octanol–water partition coefficient (Wildman–Crippen LogP) is 4.41. The van der Waals surface area contributed by atoms with Crippen LogP contribution in [0.25, 0.3) is 44.6 Å². The first-order valence-corrected chi connectivity index (χ1v) is 13.1. The van der Waals surface area contributed by atoms with Crippen LogP contribution in [-0.4, -0.2) is 42.0 Å². The average molecular weight is 475 g/mol. The molecule has 9 rings (SSSR count). The van der Waals surface area contributed by atoms with Crippen LogP contribution in [0.3, 0.4) is 0 Å². The minimum atomic E-state index is 0.335. The summed E-state index contributed by atoms with van der Waals surface area (Å²) >= 11 is 0. The summed E-state index contributed by atoms with van der Waals surface area (Å²) in [5.74, 6) is 3.76. The van der Waals surface area contributed by atoms with Crippen molar-refractivity contribution >= 4 is 22.1 Å². The molecular formula is C28H26N8. The summed E-state index contributed by atoms with van der Waals surface area (Å²) in [6.07, 6.45) is 8.73. The normalized spacial score (nSPS) is 30.1. The van der Waals surface area contributed by atoms with Gasteiger partial charge in [0, 0.05) is 12.1 Å². The Labute approximate surface area is 207 Å². The zero-order valence-corrected chi connectivity index (χ0v) is 19.7. The lowest BCUT2D eigenvalue weighted by Gasteiger charge is -2.09. The molecule has 0 spiro atoms. The molecule has 3 aromatic heterocycles. The predicted molar refractivity (Wildman–Crippen MR) is 137 cm³/mol. The maximum Gasteiger partial charge on any atom is 0.124 e. The maximum atomic E-state index is 4.87. The van der Waals surface area contributed by atoms with E-state index in [1.54, 1.807) is 0 Å². The number of benzene rings is 2. The molecule has 36 heavy (non-hydrogen) atoms. The summed E-state index contributed by atoms with van der Waals surface area (Å²) in [4.78, 5) is 26.1. The zero-order valence-electron chi connectivity index (χ0n) is 19.7. The molecule has 4 aliphatic rings. The van der Waals surface area contributed by atoms with Gasteiger partial charge in [-0.1, -0.05) is 12.1 Å². The van der Waals surface area contributed by atoms with Crippen molar-refractivity contribution in [2.75, 3.05) is 0 Å². The number of hydrogen-bond acceptors (Lipinski definition) is 6. The van der Waals surface area contributed by atoms with Crippen molar-refractivity contribution in [3.05, 3.63) is 60.4 Å². The lowest BCUT2D eigenvalue weighted by atomic mass is 10.0. The molecule has 0 radical (unpaired) electrons.